The van der Waals surface area contributed by atoms with Crippen molar-refractivity contribution in [3.63, 3.8) is 0 Å². The van der Waals surface area contributed by atoms with Crippen molar-refractivity contribution in [2.75, 3.05) is 5.32 Å². The maximum absolute atomic E-state index is 11.1. The number of nitrogens with one attached hydrogen (secondary N) is 1. The van der Waals surface area contributed by atoms with Crippen molar-refractivity contribution < 1.29 is 14.8 Å². The van der Waals surface area contributed by atoms with Crippen LogP contribution in [-0.4, -0.2) is 25.6 Å². The number of hydrogen-bond donors (Lipinski definition) is 2. The molecule has 0 saturated heterocycles. The van der Waals surface area contributed by atoms with Gasteiger partial charge in [0, 0.05) is 20.0 Å². The monoisotopic (exact) mass is 304 g/mol. The van der Waals surface area contributed by atoms with Gasteiger partial charge in [-0.2, -0.15) is 0 Å². The van der Waals surface area contributed by atoms with Gasteiger partial charge >= 0.3 is 11.8 Å². The van der Waals surface area contributed by atoms with Crippen LogP contribution in [-0.2, 0) is 13.1 Å². The molecular formula is C14H16N4O4. The Morgan fingerprint density at radius 2 is 2.05 bits per heavy atom. The van der Waals surface area contributed by atoms with Gasteiger partial charge in [0.15, 0.2) is 0 Å². The van der Waals surface area contributed by atoms with Crippen molar-refractivity contribution in [3.8, 4) is 0 Å². The fraction of sp³-hybridized carbons (Fsp3) is 0.286. The van der Waals surface area contributed by atoms with Crippen molar-refractivity contribution in [2.45, 2.75) is 26.9 Å². The van der Waals surface area contributed by atoms with E-state index in [1.165, 1.54) is 12.1 Å². The van der Waals surface area contributed by atoms with Gasteiger partial charge in [0.2, 0.25) is 11.6 Å². The molecule has 22 heavy (non-hydrogen) atoms. The number of aromatic carboxylic acids is 1. The van der Waals surface area contributed by atoms with E-state index in [4.69, 9.17) is 5.11 Å². The number of imidazole rings is 1. The molecule has 0 fully saturated rings. The fourth-order valence-electron chi connectivity index (χ4n) is 2.19. The Morgan fingerprint density at radius 3 is 2.55 bits per heavy atom. The minimum absolute atomic E-state index is 0.198. The summed E-state index contributed by atoms with van der Waals surface area (Å²) >= 11 is 0. The van der Waals surface area contributed by atoms with Crippen molar-refractivity contribution in [1.82, 2.24) is 9.55 Å². The highest BCUT2D eigenvalue weighted by Gasteiger charge is 2.24. The summed E-state index contributed by atoms with van der Waals surface area (Å²) in [6.45, 7) is 4.49. The third kappa shape index (κ3) is 3.05. The first kappa shape index (κ1) is 15.5. The van der Waals surface area contributed by atoms with Crippen LogP contribution < -0.4 is 5.32 Å². The second-order valence-corrected chi connectivity index (χ2v) is 4.69. The Hall–Kier alpha value is -2.90. The fourth-order valence-corrected chi connectivity index (χ4v) is 2.19. The van der Waals surface area contributed by atoms with E-state index in [-0.39, 0.29) is 11.4 Å². The molecule has 0 aliphatic rings. The molecule has 0 aliphatic heterocycles. The minimum atomic E-state index is -0.991. The number of benzene rings is 1. The van der Waals surface area contributed by atoms with E-state index in [9.17, 15) is 14.9 Å². The Kier molecular flexibility index (Phi) is 4.40. The smallest absolute Gasteiger partial charge is 0.406 e. The quantitative estimate of drug-likeness (QED) is 0.626. The Morgan fingerprint density at radius 1 is 1.41 bits per heavy atom. The van der Waals surface area contributed by atoms with Gasteiger partial charge in [0.25, 0.3) is 0 Å². The van der Waals surface area contributed by atoms with Gasteiger partial charge in [-0.1, -0.05) is 12.1 Å². The molecule has 0 aliphatic carbocycles. The van der Waals surface area contributed by atoms with E-state index >= 15 is 0 Å². The highest BCUT2D eigenvalue weighted by Crippen LogP contribution is 2.25. The van der Waals surface area contributed by atoms with Gasteiger partial charge in [-0.05, 0) is 34.5 Å². The average molecular weight is 304 g/mol. The summed E-state index contributed by atoms with van der Waals surface area (Å²) in [4.78, 5) is 25.3. The molecule has 0 bridgehead atoms. The first-order valence-corrected chi connectivity index (χ1v) is 6.71. The van der Waals surface area contributed by atoms with Crippen LogP contribution in [0.5, 0.6) is 0 Å². The Balaban J connectivity index is 2.20. The number of anilines is 1. The van der Waals surface area contributed by atoms with E-state index < -0.39 is 10.9 Å². The lowest BCUT2D eigenvalue weighted by Crippen LogP contribution is -2.08. The van der Waals surface area contributed by atoms with E-state index in [2.05, 4.69) is 10.3 Å². The molecule has 116 valence electrons. The van der Waals surface area contributed by atoms with Gasteiger partial charge in [0.1, 0.15) is 0 Å². The van der Waals surface area contributed by atoms with E-state index in [0.717, 1.165) is 5.56 Å². The number of hydrogen-bond acceptors (Lipinski definition) is 5. The third-order valence-electron chi connectivity index (χ3n) is 3.29. The van der Waals surface area contributed by atoms with Crippen molar-refractivity contribution in [3.05, 3.63) is 51.3 Å². The van der Waals surface area contributed by atoms with Crippen LogP contribution >= 0.6 is 0 Å². The van der Waals surface area contributed by atoms with Crippen molar-refractivity contribution in [2.24, 2.45) is 0 Å². The average Bonchev–Trinajstić information content (AvgIpc) is 2.81. The lowest BCUT2D eigenvalue weighted by molar-refractivity contribution is -0.388. The summed E-state index contributed by atoms with van der Waals surface area (Å²) in [5, 5.41) is 22.9. The van der Waals surface area contributed by atoms with Crippen LogP contribution in [0.4, 0.5) is 11.6 Å². The molecule has 0 saturated carbocycles. The zero-order valence-electron chi connectivity index (χ0n) is 12.2. The minimum Gasteiger partial charge on any atom is -0.478 e. The summed E-state index contributed by atoms with van der Waals surface area (Å²) in [5.74, 6) is -0.276. The summed E-state index contributed by atoms with van der Waals surface area (Å²) in [6, 6.07) is 6.33. The van der Waals surface area contributed by atoms with Crippen LogP contribution in [0.1, 0.15) is 28.7 Å². The number of carboxylic acid groups (broad SMARTS) is 1. The number of carbonyl (C=O) groups is 1. The zero-order valence-corrected chi connectivity index (χ0v) is 12.2. The Bertz CT molecular complexity index is 706. The molecule has 0 amide bonds. The van der Waals surface area contributed by atoms with Crippen LogP contribution in [0.15, 0.2) is 24.3 Å². The van der Waals surface area contributed by atoms with E-state index in [1.807, 2.05) is 6.92 Å². The predicted molar refractivity (Wildman–Crippen MR) is 80.0 cm³/mol. The number of rotatable bonds is 6. The predicted octanol–water partition coefficient (Wildman–Crippen LogP) is 2.43. The summed E-state index contributed by atoms with van der Waals surface area (Å²) < 4.78 is 1.73. The summed E-state index contributed by atoms with van der Waals surface area (Å²) in [5.41, 5.74) is 1.02. The van der Waals surface area contributed by atoms with Crippen molar-refractivity contribution in [1.29, 1.82) is 0 Å². The van der Waals surface area contributed by atoms with Crippen LogP contribution in [0.3, 0.4) is 0 Å². The molecule has 8 heteroatoms. The van der Waals surface area contributed by atoms with Gasteiger partial charge < -0.3 is 20.5 Å². The summed E-state index contributed by atoms with van der Waals surface area (Å²) in [6.07, 6.45) is 0. The Labute approximate surface area is 126 Å². The zero-order chi connectivity index (χ0) is 16.3. The largest absolute Gasteiger partial charge is 0.478 e. The number of nitro groups is 1. The molecule has 1 aromatic carbocycles. The first-order chi connectivity index (χ1) is 10.4. The van der Waals surface area contributed by atoms with Gasteiger partial charge in [0.05, 0.1) is 5.56 Å². The molecular weight excluding hydrogens is 288 g/mol. The SMILES string of the molecule is CCn1c(C)nc([N+](=O)[O-])c1NCc1ccc(C(=O)O)cc1. The molecule has 0 spiro atoms. The van der Waals surface area contributed by atoms with Gasteiger partial charge in [-0.3, -0.25) is 4.57 Å². The van der Waals surface area contributed by atoms with Gasteiger partial charge in [-0.25, -0.2) is 4.79 Å². The molecule has 1 heterocycles. The molecule has 8 nitrogen and oxygen atoms in total. The number of aromatic nitrogens is 2. The number of nitrogens with zero attached hydrogens (tertiary/aromatic N) is 3. The molecule has 0 atom stereocenters. The highest BCUT2D eigenvalue weighted by atomic mass is 16.6. The van der Waals surface area contributed by atoms with E-state index in [0.29, 0.717) is 24.7 Å². The van der Waals surface area contributed by atoms with Crippen LogP contribution in [0.25, 0.3) is 0 Å². The highest BCUT2D eigenvalue weighted by molar-refractivity contribution is 5.87. The first-order valence-electron chi connectivity index (χ1n) is 6.71. The number of carboxylic acids is 1. The maximum atomic E-state index is 11.1. The molecule has 0 unspecified atom stereocenters. The lowest BCUT2D eigenvalue weighted by atomic mass is 10.1. The molecule has 0 radical (unpaired) electrons. The maximum Gasteiger partial charge on any atom is 0.406 e. The topological polar surface area (TPSA) is 110 Å². The summed E-state index contributed by atoms with van der Waals surface area (Å²) in [7, 11) is 0. The van der Waals surface area contributed by atoms with E-state index in [1.54, 1.807) is 23.6 Å². The van der Waals surface area contributed by atoms with Crippen LogP contribution in [0, 0.1) is 17.0 Å². The molecule has 2 N–H and O–H groups in total. The lowest BCUT2D eigenvalue weighted by Gasteiger charge is -2.09. The van der Waals surface area contributed by atoms with Gasteiger partial charge in [-0.15, -0.1) is 0 Å². The molecule has 2 rings (SSSR count). The van der Waals surface area contributed by atoms with Crippen molar-refractivity contribution >= 4 is 17.6 Å². The second-order valence-electron chi connectivity index (χ2n) is 4.69. The molecule has 1 aromatic heterocycles. The third-order valence-corrected chi connectivity index (χ3v) is 3.29. The normalized spacial score (nSPS) is 10.5. The van der Waals surface area contributed by atoms with Crippen LogP contribution in [0.2, 0.25) is 0 Å². The number of aryl methyl sites for hydroxylation is 1. The standard InChI is InChI=1S/C14H16N4O4/c1-3-17-9(2)16-13(18(21)22)12(17)15-8-10-4-6-11(7-5-10)14(19)20/h4-7,15H,3,8H2,1-2H3,(H,19,20). The second kappa shape index (κ2) is 6.25. The molecule has 2 aromatic rings.